The Morgan fingerprint density at radius 1 is 1.10 bits per heavy atom. The summed E-state index contributed by atoms with van der Waals surface area (Å²) in [5.41, 5.74) is 1.49. The van der Waals surface area contributed by atoms with Gasteiger partial charge in [0.15, 0.2) is 0 Å². The molecule has 5 unspecified atom stereocenters. The zero-order chi connectivity index (χ0) is 21.0. The first-order valence-electron chi connectivity index (χ1n) is 10.8. The molecule has 0 aromatic heterocycles. The lowest BCUT2D eigenvalue weighted by Gasteiger charge is -2.36. The first kappa shape index (κ1) is 19.4. The van der Waals surface area contributed by atoms with E-state index in [1.165, 1.54) is 12.8 Å². The minimum atomic E-state index is -0.934. The summed E-state index contributed by atoms with van der Waals surface area (Å²) >= 11 is 0. The number of carbonyl (C=O) groups is 4. The molecule has 158 valence electrons. The fraction of sp³-hybridized carbons (Fsp3) is 0.545. The molecule has 4 aliphatic rings. The van der Waals surface area contributed by atoms with Crippen LogP contribution in [-0.2, 0) is 16.1 Å². The van der Waals surface area contributed by atoms with Crippen LogP contribution in [0.25, 0.3) is 0 Å². The van der Waals surface area contributed by atoms with Gasteiger partial charge in [0.1, 0.15) is 6.04 Å². The van der Waals surface area contributed by atoms with E-state index in [1.54, 1.807) is 12.1 Å². The average molecular weight is 410 g/mol. The summed E-state index contributed by atoms with van der Waals surface area (Å²) in [6, 6.07) is 5.80. The average Bonchev–Trinajstić information content (AvgIpc) is 3.24. The highest BCUT2D eigenvalue weighted by Crippen LogP contribution is 2.33. The second-order valence-corrected chi connectivity index (χ2v) is 8.92. The van der Waals surface area contributed by atoms with Gasteiger partial charge < -0.3 is 10.6 Å². The van der Waals surface area contributed by atoms with Crippen molar-refractivity contribution in [1.29, 1.82) is 0 Å². The molecule has 4 aliphatic heterocycles. The highest BCUT2D eigenvalue weighted by molar-refractivity contribution is 6.24. The highest BCUT2D eigenvalue weighted by Gasteiger charge is 2.45. The first-order chi connectivity index (χ1) is 14.4. The summed E-state index contributed by atoms with van der Waals surface area (Å²) in [5.74, 6) is -1.36. The fourth-order valence-electron chi connectivity index (χ4n) is 5.49. The lowest BCUT2D eigenvalue weighted by molar-refractivity contribution is -0.136. The second kappa shape index (κ2) is 7.28. The smallest absolute Gasteiger partial charge is 0.262 e. The van der Waals surface area contributed by atoms with Crippen molar-refractivity contribution in [2.45, 2.75) is 69.7 Å². The van der Waals surface area contributed by atoms with Gasteiger partial charge in [0.2, 0.25) is 11.8 Å². The number of hydrogen-bond acceptors (Lipinski definition) is 6. The van der Waals surface area contributed by atoms with E-state index in [4.69, 9.17) is 0 Å². The number of fused-ring (bicyclic) bond motifs is 3. The zero-order valence-corrected chi connectivity index (χ0v) is 16.9. The minimum Gasteiger partial charge on any atom is -0.311 e. The third-order valence-electron chi connectivity index (χ3n) is 7.19. The molecular weight excluding hydrogens is 384 g/mol. The van der Waals surface area contributed by atoms with Gasteiger partial charge in [0, 0.05) is 31.1 Å². The molecule has 5 rings (SSSR count). The molecule has 2 bridgehead atoms. The van der Waals surface area contributed by atoms with E-state index in [2.05, 4.69) is 22.9 Å². The van der Waals surface area contributed by atoms with Crippen molar-refractivity contribution in [2.75, 3.05) is 0 Å². The van der Waals surface area contributed by atoms with Gasteiger partial charge >= 0.3 is 0 Å². The first-order valence-corrected chi connectivity index (χ1v) is 10.8. The van der Waals surface area contributed by atoms with E-state index >= 15 is 0 Å². The van der Waals surface area contributed by atoms with Crippen LogP contribution in [0.3, 0.4) is 0 Å². The summed E-state index contributed by atoms with van der Waals surface area (Å²) in [4.78, 5) is 50.9. The van der Waals surface area contributed by atoms with Gasteiger partial charge in [-0.2, -0.15) is 0 Å². The van der Waals surface area contributed by atoms with Crippen molar-refractivity contribution < 1.29 is 19.2 Å². The number of rotatable bonds is 4. The maximum absolute atomic E-state index is 13.2. The Hall–Kier alpha value is -2.58. The number of imide groups is 2. The number of amides is 4. The van der Waals surface area contributed by atoms with Gasteiger partial charge in [-0.25, -0.2) is 0 Å². The molecule has 0 saturated carbocycles. The predicted octanol–water partition coefficient (Wildman–Crippen LogP) is 0.706. The molecule has 8 nitrogen and oxygen atoms in total. The standard InChI is InChI=1S/C22H26N4O4/c1-11-15-6-5-13(24-15)9-16(11)23-10-12-3-2-4-14-19(12)22(30)26(21(14)29)17-7-8-18(27)25-20(17)28/h2-4,11,13,15-17,23-24H,5-10H2,1H3,(H,25,27,28). The molecule has 5 atom stereocenters. The molecule has 1 aromatic rings. The lowest BCUT2D eigenvalue weighted by Crippen LogP contribution is -2.54. The third-order valence-corrected chi connectivity index (χ3v) is 7.19. The second-order valence-electron chi connectivity index (χ2n) is 8.92. The van der Waals surface area contributed by atoms with Crippen molar-refractivity contribution in [3.05, 3.63) is 34.9 Å². The Balaban J connectivity index is 1.36. The Kier molecular flexibility index (Phi) is 4.71. The number of nitrogens with one attached hydrogen (secondary N) is 3. The Morgan fingerprint density at radius 2 is 1.93 bits per heavy atom. The fourth-order valence-corrected chi connectivity index (χ4v) is 5.49. The number of carbonyl (C=O) groups excluding carboxylic acids is 4. The minimum absolute atomic E-state index is 0.119. The molecule has 0 radical (unpaired) electrons. The normalized spacial score (nSPS) is 33.1. The summed E-state index contributed by atoms with van der Waals surface area (Å²) < 4.78 is 0. The Bertz CT molecular complexity index is 945. The summed E-state index contributed by atoms with van der Waals surface area (Å²) in [5, 5.41) is 9.52. The van der Waals surface area contributed by atoms with Crippen molar-refractivity contribution in [3.63, 3.8) is 0 Å². The number of nitrogens with zero attached hydrogens (tertiary/aromatic N) is 1. The summed E-state index contributed by atoms with van der Waals surface area (Å²) in [6.07, 6.45) is 3.76. The molecule has 4 heterocycles. The molecule has 0 aliphatic carbocycles. The molecule has 30 heavy (non-hydrogen) atoms. The maximum Gasteiger partial charge on any atom is 0.262 e. The van der Waals surface area contributed by atoms with Crippen molar-refractivity contribution in [1.82, 2.24) is 20.9 Å². The predicted molar refractivity (Wildman–Crippen MR) is 107 cm³/mol. The van der Waals surface area contributed by atoms with Crippen LogP contribution >= 0.6 is 0 Å². The molecule has 0 spiro atoms. The van der Waals surface area contributed by atoms with Crippen LogP contribution in [0.4, 0.5) is 0 Å². The Morgan fingerprint density at radius 3 is 2.73 bits per heavy atom. The van der Waals surface area contributed by atoms with Gasteiger partial charge in [-0.15, -0.1) is 0 Å². The van der Waals surface area contributed by atoms with Crippen LogP contribution < -0.4 is 16.0 Å². The molecule has 4 amide bonds. The lowest BCUT2D eigenvalue weighted by atomic mass is 9.88. The molecule has 3 N–H and O–H groups in total. The summed E-state index contributed by atoms with van der Waals surface area (Å²) in [6.45, 7) is 2.76. The van der Waals surface area contributed by atoms with Crippen molar-refractivity contribution >= 4 is 23.6 Å². The summed E-state index contributed by atoms with van der Waals surface area (Å²) in [7, 11) is 0. The third kappa shape index (κ3) is 3.06. The molecule has 3 fully saturated rings. The van der Waals surface area contributed by atoms with Crippen LogP contribution in [0.15, 0.2) is 18.2 Å². The van der Waals surface area contributed by atoms with Crippen LogP contribution in [0.5, 0.6) is 0 Å². The van der Waals surface area contributed by atoms with Gasteiger partial charge in [-0.05, 0) is 43.2 Å². The highest BCUT2D eigenvalue weighted by atomic mass is 16.2. The Labute approximate surface area is 174 Å². The number of piperidine rings is 2. The van der Waals surface area contributed by atoms with Crippen molar-refractivity contribution in [2.24, 2.45) is 5.92 Å². The van der Waals surface area contributed by atoms with Crippen molar-refractivity contribution in [3.8, 4) is 0 Å². The van der Waals surface area contributed by atoms with E-state index in [1.807, 2.05) is 6.07 Å². The van der Waals surface area contributed by atoms with Gasteiger partial charge in [0.25, 0.3) is 11.8 Å². The number of hydrogen-bond donors (Lipinski definition) is 3. The van der Waals surface area contributed by atoms with Gasteiger partial charge in [0.05, 0.1) is 11.1 Å². The van der Waals surface area contributed by atoms with Crippen LogP contribution in [0, 0.1) is 5.92 Å². The van der Waals surface area contributed by atoms with E-state index in [9.17, 15) is 19.2 Å². The quantitative estimate of drug-likeness (QED) is 0.631. The maximum atomic E-state index is 13.2. The van der Waals surface area contributed by atoms with Crippen LogP contribution in [0.2, 0.25) is 0 Å². The van der Waals surface area contributed by atoms with E-state index in [-0.39, 0.29) is 18.7 Å². The molecule has 3 saturated heterocycles. The van der Waals surface area contributed by atoms with Crippen LogP contribution in [-0.4, -0.2) is 52.7 Å². The van der Waals surface area contributed by atoms with Gasteiger partial charge in [-0.1, -0.05) is 19.1 Å². The number of benzene rings is 1. The largest absolute Gasteiger partial charge is 0.311 e. The van der Waals surface area contributed by atoms with E-state index < -0.39 is 23.8 Å². The van der Waals surface area contributed by atoms with E-state index in [0.29, 0.717) is 41.7 Å². The zero-order valence-electron chi connectivity index (χ0n) is 16.9. The molecular formula is C22H26N4O4. The molecule has 1 aromatic carbocycles. The molecule has 8 heteroatoms. The van der Waals surface area contributed by atoms with Crippen LogP contribution in [0.1, 0.15) is 65.3 Å². The van der Waals surface area contributed by atoms with Gasteiger partial charge in [-0.3, -0.25) is 29.4 Å². The topological polar surface area (TPSA) is 108 Å². The SMILES string of the molecule is CC1C(NCc2cccc3c2C(=O)N(C2CCC(=O)NC2=O)C3=O)CC2CCC1N2. The monoisotopic (exact) mass is 410 g/mol. The van der Waals surface area contributed by atoms with E-state index in [0.717, 1.165) is 16.9 Å².